The van der Waals surface area contributed by atoms with Crippen LogP contribution in [0.15, 0.2) is 30.6 Å². The van der Waals surface area contributed by atoms with E-state index in [1.807, 2.05) is 12.1 Å². The molecule has 1 aliphatic rings. The Labute approximate surface area is 117 Å². The van der Waals surface area contributed by atoms with Gasteiger partial charge < -0.3 is 15.4 Å². The first-order chi connectivity index (χ1) is 9.75. The molecular weight excluding hydrogens is 254 g/mol. The quantitative estimate of drug-likeness (QED) is 0.800. The van der Waals surface area contributed by atoms with Crippen LogP contribution in [-0.2, 0) is 0 Å². The zero-order chi connectivity index (χ0) is 13.9. The van der Waals surface area contributed by atoms with Gasteiger partial charge in [0.2, 0.25) is 0 Å². The SMILES string of the molecule is O=C(O)c1cc(-c2ccncc2)[nH]c1C1CCNCC1. The summed E-state index contributed by atoms with van der Waals surface area (Å²) in [5, 5.41) is 12.7. The lowest BCUT2D eigenvalue weighted by Crippen LogP contribution is -2.27. The van der Waals surface area contributed by atoms with E-state index in [1.165, 1.54) is 0 Å². The number of nitrogens with one attached hydrogen (secondary N) is 2. The Morgan fingerprint density at radius 1 is 1.25 bits per heavy atom. The van der Waals surface area contributed by atoms with Crippen molar-refractivity contribution in [3.05, 3.63) is 41.9 Å². The van der Waals surface area contributed by atoms with Crippen molar-refractivity contribution in [3.8, 4) is 11.3 Å². The Morgan fingerprint density at radius 3 is 2.60 bits per heavy atom. The average molecular weight is 271 g/mol. The van der Waals surface area contributed by atoms with E-state index >= 15 is 0 Å². The lowest BCUT2D eigenvalue weighted by molar-refractivity contribution is 0.0695. The molecule has 1 fully saturated rings. The third-order valence-electron chi connectivity index (χ3n) is 3.82. The summed E-state index contributed by atoms with van der Waals surface area (Å²) in [6.07, 6.45) is 5.36. The molecule has 1 aliphatic heterocycles. The van der Waals surface area contributed by atoms with Gasteiger partial charge in [-0.05, 0) is 44.1 Å². The first kappa shape index (κ1) is 12.9. The number of carboxylic acids is 1. The number of aromatic nitrogens is 2. The second kappa shape index (κ2) is 5.46. The fourth-order valence-corrected chi connectivity index (χ4v) is 2.77. The Hall–Kier alpha value is -2.14. The molecule has 2 aromatic rings. The molecule has 5 nitrogen and oxygen atoms in total. The number of aromatic carboxylic acids is 1. The van der Waals surface area contributed by atoms with Crippen LogP contribution in [0, 0.1) is 0 Å². The normalized spacial score (nSPS) is 16.2. The standard InChI is InChI=1S/C15H17N3O2/c19-15(20)12-9-13(10-1-5-16-6-2-10)18-14(12)11-3-7-17-8-4-11/h1-2,5-6,9,11,17-18H,3-4,7-8H2,(H,19,20). The van der Waals surface area contributed by atoms with Crippen LogP contribution in [0.1, 0.15) is 34.8 Å². The molecule has 3 N–H and O–H groups in total. The molecule has 3 heterocycles. The topological polar surface area (TPSA) is 78.0 Å². The van der Waals surface area contributed by atoms with Crippen LogP contribution in [0.25, 0.3) is 11.3 Å². The predicted molar refractivity (Wildman–Crippen MR) is 75.8 cm³/mol. The summed E-state index contributed by atoms with van der Waals surface area (Å²) in [4.78, 5) is 18.8. The van der Waals surface area contributed by atoms with Crippen LogP contribution < -0.4 is 5.32 Å². The molecule has 0 aliphatic carbocycles. The monoisotopic (exact) mass is 271 g/mol. The third-order valence-corrected chi connectivity index (χ3v) is 3.82. The number of nitrogens with zero attached hydrogens (tertiary/aromatic N) is 1. The molecule has 1 saturated heterocycles. The molecular formula is C15H17N3O2. The number of hydrogen-bond acceptors (Lipinski definition) is 3. The van der Waals surface area contributed by atoms with Gasteiger partial charge in [0.05, 0.1) is 5.56 Å². The Morgan fingerprint density at radius 2 is 1.95 bits per heavy atom. The molecule has 5 heteroatoms. The molecule has 2 aromatic heterocycles. The maximum Gasteiger partial charge on any atom is 0.337 e. The van der Waals surface area contributed by atoms with E-state index in [1.54, 1.807) is 18.5 Å². The average Bonchev–Trinajstić information content (AvgIpc) is 2.94. The lowest BCUT2D eigenvalue weighted by atomic mass is 9.92. The van der Waals surface area contributed by atoms with Gasteiger partial charge in [-0.1, -0.05) is 0 Å². The highest BCUT2D eigenvalue weighted by atomic mass is 16.4. The van der Waals surface area contributed by atoms with Crippen LogP contribution in [-0.4, -0.2) is 34.1 Å². The van der Waals surface area contributed by atoms with Crippen molar-refractivity contribution in [2.24, 2.45) is 0 Å². The molecule has 104 valence electrons. The highest BCUT2D eigenvalue weighted by Crippen LogP contribution is 2.31. The maximum absolute atomic E-state index is 11.5. The zero-order valence-corrected chi connectivity index (χ0v) is 11.1. The number of aromatic amines is 1. The van der Waals surface area contributed by atoms with E-state index in [2.05, 4.69) is 15.3 Å². The molecule has 0 amide bonds. The number of pyridine rings is 1. The van der Waals surface area contributed by atoms with Crippen LogP contribution in [0.5, 0.6) is 0 Å². The van der Waals surface area contributed by atoms with Crippen molar-refractivity contribution in [1.82, 2.24) is 15.3 Å². The highest BCUT2D eigenvalue weighted by molar-refractivity contribution is 5.91. The van der Waals surface area contributed by atoms with Gasteiger partial charge in [-0.25, -0.2) is 4.79 Å². The summed E-state index contributed by atoms with van der Waals surface area (Å²) in [5.41, 5.74) is 3.05. The first-order valence-corrected chi connectivity index (χ1v) is 6.83. The van der Waals surface area contributed by atoms with Crippen molar-refractivity contribution in [3.63, 3.8) is 0 Å². The number of carbonyl (C=O) groups is 1. The summed E-state index contributed by atoms with van der Waals surface area (Å²) in [7, 11) is 0. The molecule has 0 aromatic carbocycles. The first-order valence-electron chi connectivity index (χ1n) is 6.83. The van der Waals surface area contributed by atoms with Gasteiger partial charge in [-0.2, -0.15) is 0 Å². The van der Waals surface area contributed by atoms with Gasteiger partial charge in [0.15, 0.2) is 0 Å². The van der Waals surface area contributed by atoms with E-state index < -0.39 is 5.97 Å². The van der Waals surface area contributed by atoms with E-state index in [-0.39, 0.29) is 5.92 Å². The van der Waals surface area contributed by atoms with Gasteiger partial charge in [0.25, 0.3) is 0 Å². The molecule has 0 unspecified atom stereocenters. The number of H-pyrrole nitrogens is 1. The molecule has 20 heavy (non-hydrogen) atoms. The minimum atomic E-state index is -0.866. The van der Waals surface area contributed by atoms with Crippen LogP contribution in [0.3, 0.4) is 0 Å². The second-order valence-corrected chi connectivity index (χ2v) is 5.08. The summed E-state index contributed by atoms with van der Waals surface area (Å²) in [6.45, 7) is 1.88. The van der Waals surface area contributed by atoms with Crippen LogP contribution in [0.4, 0.5) is 0 Å². The summed E-state index contributed by atoms with van der Waals surface area (Å²) in [5.74, 6) is -0.576. The second-order valence-electron chi connectivity index (χ2n) is 5.08. The van der Waals surface area contributed by atoms with Gasteiger partial charge >= 0.3 is 5.97 Å². The van der Waals surface area contributed by atoms with E-state index in [9.17, 15) is 9.90 Å². The molecule has 3 rings (SSSR count). The van der Waals surface area contributed by atoms with Crippen LogP contribution in [0.2, 0.25) is 0 Å². The zero-order valence-electron chi connectivity index (χ0n) is 11.1. The number of carboxylic acid groups (broad SMARTS) is 1. The summed E-state index contributed by atoms with van der Waals surface area (Å²) >= 11 is 0. The summed E-state index contributed by atoms with van der Waals surface area (Å²) < 4.78 is 0. The fourth-order valence-electron chi connectivity index (χ4n) is 2.77. The minimum absolute atomic E-state index is 0.290. The highest BCUT2D eigenvalue weighted by Gasteiger charge is 2.24. The summed E-state index contributed by atoms with van der Waals surface area (Å²) in [6, 6.07) is 5.49. The smallest absolute Gasteiger partial charge is 0.337 e. The largest absolute Gasteiger partial charge is 0.478 e. The van der Waals surface area contributed by atoms with Crippen molar-refractivity contribution in [2.75, 3.05) is 13.1 Å². The number of hydrogen-bond donors (Lipinski definition) is 3. The molecule has 0 bridgehead atoms. The van der Waals surface area contributed by atoms with E-state index in [4.69, 9.17) is 0 Å². The number of piperidine rings is 1. The predicted octanol–water partition coefficient (Wildman–Crippen LogP) is 2.24. The lowest BCUT2D eigenvalue weighted by Gasteiger charge is -2.22. The Balaban J connectivity index is 2.00. The minimum Gasteiger partial charge on any atom is -0.478 e. The van der Waals surface area contributed by atoms with Crippen molar-refractivity contribution in [1.29, 1.82) is 0 Å². The van der Waals surface area contributed by atoms with Gasteiger partial charge in [-0.15, -0.1) is 0 Å². The maximum atomic E-state index is 11.5. The van der Waals surface area contributed by atoms with Crippen molar-refractivity contribution < 1.29 is 9.90 Å². The van der Waals surface area contributed by atoms with E-state index in [0.717, 1.165) is 42.9 Å². The molecule has 0 atom stereocenters. The Kier molecular flexibility index (Phi) is 3.52. The van der Waals surface area contributed by atoms with Crippen molar-refractivity contribution in [2.45, 2.75) is 18.8 Å². The molecule has 0 saturated carbocycles. The van der Waals surface area contributed by atoms with Crippen LogP contribution >= 0.6 is 0 Å². The van der Waals surface area contributed by atoms with Crippen molar-refractivity contribution >= 4 is 5.97 Å². The van der Waals surface area contributed by atoms with Gasteiger partial charge in [0.1, 0.15) is 0 Å². The fraction of sp³-hybridized carbons (Fsp3) is 0.333. The molecule has 0 spiro atoms. The third kappa shape index (κ3) is 2.44. The van der Waals surface area contributed by atoms with E-state index in [0.29, 0.717) is 5.56 Å². The number of rotatable bonds is 3. The molecule has 0 radical (unpaired) electrons. The van der Waals surface area contributed by atoms with Gasteiger partial charge in [-0.3, -0.25) is 4.98 Å². The Bertz CT molecular complexity index is 601. The van der Waals surface area contributed by atoms with Gasteiger partial charge in [0, 0.05) is 35.3 Å².